The molecule has 2 aromatic rings. The van der Waals surface area contributed by atoms with E-state index in [1.807, 2.05) is 13.0 Å². The van der Waals surface area contributed by atoms with Gasteiger partial charge in [-0.1, -0.05) is 25.1 Å². The van der Waals surface area contributed by atoms with E-state index in [-0.39, 0.29) is 18.1 Å². The van der Waals surface area contributed by atoms with E-state index in [4.69, 9.17) is 26.8 Å². The van der Waals surface area contributed by atoms with Gasteiger partial charge >= 0.3 is 5.97 Å². The molecule has 1 heterocycles. The second-order valence-corrected chi connectivity index (χ2v) is 7.03. The molecule has 1 fully saturated rings. The van der Waals surface area contributed by atoms with Crippen LogP contribution in [-0.2, 0) is 11.4 Å². The number of nitrogens with one attached hydrogen (secondary N) is 1. The summed E-state index contributed by atoms with van der Waals surface area (Å²) < 4.78 is 11.2. The fourth-order valence-electron chi connectivity index (χ4n) is 2.96. The van der Waals surface area contributed by atoms with Gasteiger partial charge < -0.3 is 19.9 Å². The monoisotopic (exact) mass is 426 g/mol. The van der Waals surface area contributed by atoms with Gasteiger partial charge in [-0.15, -0.1) is 0 Å². The third-order valence-electron chi connectivity index (χ3n) is 4.50. The van der Waals surface area contributed by atoms with Gasteiger partial charge in [0.15, 0.2) is 16.6 Å². The molecule has 2 aromatic carbocycles. The molecule has 7 nitrogen and oxygen atoms in total. The number of carboxylic acid groups (broad SMARTS) is 1. The third kappa shape index (κ3) is 4.77. The molecule has 1 saturated heterocycles. The maximum atomic E-state index is 12.5. The van der Waals surface area contributed by atoms with Crippen molar-refractivity contribution in [3.8, 4) is 11.5 Å². The van der Waals surface area contributed by atoms with Crippen molar-refractivity contribution in [3.05, 3.63) is 64.9 Å². The van der Waals surface area contributed by atoms with Crippen molar-refractivity contribution in [1.29, 1.82) is 0 Å². The van der Waals surface area contributed by atoms with E-state index in [0.29, 0.717) is 28.9 Å². The smallest absolute Gasteiger partial charge is 0.335 e. The molecule has 30 heavy (non-hydrogen) atoms. The van der Waals surface area contributed by atoms with Crippen LogP contribution in [0, 0.1) is 0 Å². The van der Waals surface area contributed by atoms with E-state index >= 15 is 0 Å². The Labute approximate surface area is 179 Å². The Hall–Kier alpha value is -3.39. The Morgan fingerprint density at radius 2 is 1.93 bits per heavy atom. The molecule has 1 aliphatic rings. The summed E-state index contributed by atoms with van der Waals surface area (Å²) in [7, 11) is 1.54. The number of rotatable bonds is 8. The lowest BCUT2D eigenvalue weighted by atomic mass is 10.1. The van der Waals surface area contributed by atoms with Crippen LogP contribution in [0.1, 0.15) is 34.8 Å². The van der Waals surface area contributed by atoms with Crippen molar-refractivity contribution in [2.75, 3.05) is 13.7 Å². The zero-order valence-corrected chi connectivity index (χ0v) is 17.5. The van der Waals surface area contributed by atoms with E-state index < -0.39 is 5.97 Å². The van der Waals surface area contributed by atoms with Crippen LogP contribution in [0.3, 0.4) is 0 Å². The molecule has 0 aliphatic carbocycles. The second kappa shape index (κ2) is 9.41. The van der Waals surface area contributed by atoms with Gasteiger partial charge in [0.25, 0.3) is 5.91 Å². The van der Waals surface area contributed by atoms with Gasteiger partial charge in [-0.2, -0.15) is 0 Å². The quantitative estimate of drug-likeness (QED) is 0.494. The predicted octanol–water partition coefficient (Wildman–Crippen LogP) is 3.44. The molecule has 0 bridgehead atoms. The summed E-state index contributed by atoms with van der Waals surface area (Å²) in [5.74, 6) is -0.0608. The average Bonchev–Trinajstić information content (AvgIpc) is 3.00. The van der Waals surface area contributed by atoms with Crippen molar-refractivity contribution < 1.29 is 24.2 Å². The molecule has 2 N–H and O–H groups in total. The Balaban J connectivity index is 1.73. The highest BCUT2D eigenvalue weighted by Gasteiger charge is 2.29. The second-order valence-electron chi connectivity index (χ2n) is 6.65. The summed E-state index contributed by atoms with van der Waals surface area (Å²) in [6, 6.07) is 11.8. The fourth-order valence-corrected chi connectivity index (χ4v) is 3.25. The highest BCUT2D eigenvalue weighted by Crippen LogP contribution is 2.30. The highest BCUT2D eigenvalue weighted by molar-refractivity contribution is 7.80. The Morgan fingerprint density at radius 3 is 2.57 bits per heavy atom. The van der Waals surface area contributed by atoms with Crippen molar-refractivity contribution in [2.45, 2.75) is 20.0 Å². The first-order chi connectivity index (χ1) is 14.4. The van der Waals surface area contributed by atoms with Crippen LogP contribution < -0.4 is 14.8 Å². The van der Waals surface area contributed by atoms with Crippen molar-refractivity contribution in [2.24, 2.45) is 0 Å². The van der Waals surface area contributed by atoms with Gasteiger partial charge in [-0.25, -0.2) is 4.79 Å². The normalized spacial score (nSPS) is 14.7. The average molecular weight is 426 g/mol. The van der Waals surface area contributed by atoms with E-state index in [0.717, 1.165) is 17.5 Å². The molecule has 0 radical (unpaired) electrons. The maximum absolute atomic E-state index is 12.5. The Kier molecular flexibility index (Phi) is 6.68. The standard InChI is InChI=1S/C22H22N2O5S/c1-3-10-24-20(25)17(23-22(24)30)11-15-6-9-18(19(12-15)28-2)29-13-14-4-7-16(8-5-14)21(26)27/h4-9,11-12H,3,10,13H2,1-2H3,(H,23,30)(H,26,27)/b17-11-. The minimum absolute atomic E-state index is 0.147. The van der Waals surface area contributed by atoms with Crippen molar-refractivity contribution >= 4 is 35.3 Å². The SMILES string of the molecule is CCCN1C(=O)/C(=C/c2ccc(OCc3ccc(C(=O)O)cc3)c(OC)c2)NC1=S. The number of thiocarbonyl (C=S) groups is 1. The molecule has 0 aromatic heterocycles. The van der Waals surface area contributed by atoms with Crippen LogP contribution in [0.4, 0.5) is 0 Å². The Morgan fingerprint density at radius 1 is 1.20 bits per heavy atom. The summed E-state index contributed by atoms with van der Waals surface area (Å²) in [4.78, 5) is 25.0. The van der Waals surface area contributed by atoms with Gasteiger partial charge in [-0.05, 0) is 60.1 Å². The lowest BCUT2D eigenvalue weighted by Gasteiger charge is -2.12. The topological polar surface area (TPSA) is 88.1 Å². The first-order valence-corrected chi connectivity index (χ1v) is 9.81. The van der Waals surface area contributed by atoms with Crippen LogP contribution in [0.5, 0.6) is 11.5 Å². The van der Waals surface area contributed by atoms with Crippen LogP contribution >= 0.6 is 12.2 Å². The molecule has 8 heteroatoms. The largest absolute Gasteiger partial charge is 0.493 e. The number of carbonyl (C=O) groups is 2. The minimum Gasteiger partial charge on any atom is -0.493 e. The zero-order valence-electron chi connectivity index (χ0n) is 16.7. The minimum atomic E-state index is -0.970. The molecule has 0 atom stereocenters. The summed E-state index contributed by atoms with van der Waals surface area (Å²) in [6.45, 7) is 2.82. The van der Waals surface area contributed by atoms with Crippen LogP contribution in [0.25, 0.3) is 6.08 Å². The molecule has 3 rings (SSSR count). The lowest BCUT2D eigenvalue weighted by Crippen LogP contribution is -2.31. The molecule has 1 aliphatic heterocycles. The number of ether oxygens (including phenoxy) is 2. The number of benzene rings is 2. The van der Waals surface area contributed by atoms with Gasteiger partial charge in [-0.3, -0.25) is 9.69 Å². The van der Waals surface area contributed by atoms with Crippen LogP contribution in [0.2, 0.25) is 0 Å². The van der Waals surface area contributed by atoms with E-state index in [2.05, 4.69) is 5.32 Å². The van der Waals surface area contributed by atoms with Crippen LogP contribution in [0.15, 0.2) is 48.2 Å². The number of hydrogen-bond acceptors (Lipinski definition) is 5. The summed E-state index contributed by atoms with van der Waals surface area (Å²) in [5, 5.41) is 12.3. The lowest BCUT2D eigenvalue weighted by molar-refractivity contribution is -0.122. The number of methoxy groups -OCH3 is 1. The summed E-state index contributed by atoms with van der Waals surface area (Å²) in [5.41, 5.74) is 2.24. The first-order valence-electron chi connectivity index (χ1n) is 9.40. The molecule has 156 valence electrons. The van der Waals surface area contributed by atoms with Crippen LogP contribution in [-0.4, -0.2) is 40.6 Å². The molecule has 0 spiro atoms. The summed E-state index contributed by atoms with van der Waals surface area (Å²) >= 11 is 5.22. The van der Waals surface area contributed by atoms with Crippen molar-refractivity contribution in [1.82, 2.24) is 10.2 Å². The molecular weight excluding hydrogens is 404 g/mol. The molecule has 1 amide bonds. The summed E-state index contributed by atoms with van der Waals surface area (Å²) in [6.07, 6.45) is 2.54. The van der Waals surface area contributed by atoms with E-state index in [1.165, 1.54) is 19.2 Å². The zero-order chi connectivity index (χ0) is 21.7. The van der Waals surface area contributed by atoms with Gasteiger partial charge in [0.05, 0.1) is 12.7 Å². The molecule has 0 unspecified atom stereocenters. The van der Waals surface area contributed by atoms with Gasteiger partial charge in [0.2, 0.25) is 0 Å². The number of nitrogens with zero attached hydrogens (tertiary/aromatic N) is 1. The fraction of sp³-hybridized carbons (Fsp3) is 0.227. The highest BCUT2D eigenvalue weighted by atomic mass is 32.1. The first kappa shape index (κ1) is 21.3. The molecule has 0 saturated carbocycles. The number of carboxylic acids is 1. The number of hydrogen-bond donors (Lipinski definition) is 2. The van der Waals surface area contributed by atoms with Crippen molar-refractivity contribution in [3.63, 3.8) is 0 Å². The molecular formula is C22H22N2O5S. The predicted molar refractivity (Wildman–Crippen MR) is 116 cm³/mol. The van der Waals surface area contributed by atoms with Gasteiger partial charge in [0.1, 0.15) is 12.3 Å². The number of amides is 1. The maximum Gasteiger partial charge on any atom is 0.335 e. The van der Waals surface area contributed by atoms with E-state index in [1.54, 1.807) is 35.2 Å². The Bertz CT molecular complexity index is 1000. The van der Waals surface area contributed by atoms with E-state index in [9.17, 15) is 9.59 Å². The number of aromatic carboxylic acids is 1. The number of carbonyl (C=O) groups excluding carboxylic acids is 1. The third-order valence-corrected chi connectivity index (χ3v) is 4.83. The van der Waals surface area contributed by atoms with Gasteiger partial charge in [0, 0.05) is 6.54 Å².